The van der Waals surface area contributed by atoms with Gasteiger partial charge in [-0.25, -0.2) is 0 Å². The van der Waals surface area contributed by atoms with Crippen molar-refractivity contribution in [3.8, 4) is 0 Å². The summed E-state index contributed by atoms with van der Waals surface area (Å²) in [6, 6.07) is 5.97. The molecule has 78 valence electrons. The summed E-state index contributed by atoms with van der Waals surface area (Å²) in [6.45, 7) is 2.19. The molecule has 4 heteroatoms. The van der Waals surface area contributed by atoms with Crippen molar-refractivity contribution in [3.63, 3.8) is 0 Å². The van der Waals surface area contributed by atoms with Crippen LogP contribution in [0.15, 0.2) is 27.6 Å². The van der Waals surface area contributed by atoms with Gasteiger partial charge >= 0.3 is 0 Å². The topological polar surface area (TPSA) is 26.0 Å². The Morgan fingerprint density at radius 3 is 2.79 bits per heavy atom. The highest BCUT2D eigenvalue weighted by Gasteiger charge is 2.00. The van der Waals surface area contributed by atoms with E-state index in [0.717, 1.165) is 15.9 Å². The molecule has 0 saturated carbocycles. The van der Waals surface area contributed by atoms with Crippen molar-refractivity contribution in [2.45, 2.75) is 11.8 Å². The summed E-state index contributed by atoms with van der Waals surface area (Å²) < 4.78 is 1.10. The molecule has 1 rings (SSSR count). The Balaban J connectivity index is 2.42. The normalized spacial score (nSPS) is 10.4. The first-order valence-electron chi connectivity index (χ1n) is 4.49. The number of hydrogen-bond donors (Lipinski definition) is 1. The second-order valence-electron chi connectivity index (χ2n) is 2.74. The molecule has 1 nitrogen and oxygen atoms in total. The first kappa shape index (κ1) is 12.3. The zero-order valence-electron chi connectivity index (χ0n) is 8.13. The van der Waals surface area contributed by atoms with Crippen LogP contribution in [-0.4, -0.2) is 17.3 Å². The molecule has 0 bridgehead atoms. The van der Waals surface area contributed by atoms with Gasteiger partial charge in [-0.1, -0.05) is 6.92 Å². The van der Waals surface area contributed by atoms with E-state index in [0.29, 0.717) is 0 Å². The van der Waals surface area contributed by atoms with Crippen molar-refractivity contribution in [1.29, 1.82) is 0 Å². The molecule has 0 unspecified atom stereocenters. The lowest BCUT2D eigenvalue weighted by Crippen LogP contribution is -1.87. The molecule has 14 heavy (non-hydrogen) atoms. The average Bonchev–Trinajstić information content (AvgIpc) is 2.15. The van der Waals surface area contributed by atoms with Gasteiger partial charge in [-0.3, -0.25) is 0 Å². The maximum absolute atomic E-state index is 5.66. The SMILES string of the molecule is CCSCCSc1ccc(N)cc1Br. The Morgan fingerprint density at radius 1 is 1.36 bits per heavy atom. The number of nitrogen functional groups attached to an aromatic ring is 1. The Morgan fingerprint density at radius 2 is 2.14 bits per heavy atom. The van der Waals surface area contributed by atoms with E-state index in [1.54, 1.807) is 0 Å². The van der Waals surface area contributed by atoms with Gasteiger partial charge in [0.15, 0.2) is 0 Å². The Bertz CT molecular complexity index is 291. The fourth-order valence-electron chi connectivity index (χ4n) is 0.989. The lowest BCUT2D eigenvalue weighted by atomic mass is 10.3. The van der Waals surface area contributed by atoms with E-state index in [9.17, 15) is 0 Å². The molecule has 0 spiro atoms. The van der Waals surface area contributed by atoms with Crippen molar-refractivity contribution >= 4 is 45.1 Å². The number of hydrogen-bond acceptors (Lipinski definition) is 3. The molecule has 0 saturated heterocycles. The van der Waals surface area contributed by atoms with Crippen LogP contribution in [0.2, 0.25) is 0 Å². The number of anilines is 1. The van der Waals surface area contributed by atoms with Crippen LogP contribution in [0.5, 0.6) is 0 Å². The second-order valence-corrected chi connectivity index (χ2v) is 6.12. The molecule has 2 N–H and O–H groups in total. The van der Waals surface area contributed by atoms with Gasteiger partial charge in [-0.2, -0.15) is 11.8 Å². The standard InChI is InChI=1S/C10H14BrNS2/c1-2-13-5-6-14-10-4-3-8(12)7-9(10)11/h3-4,7H,2,5-6,12H2,1H3. The van der Waals surface area contributed by atoms with Crippen molar-refractivity contribution in [1.82, 2.24) is 0 Å². The molecular weight excluding hydrogens is 278 g/mol. The molecule has 1 aromatic rings. The minimum Gasteiger partial charge on any atom is -0.399 e. The molecule has 0 aromatic heterocycles. The summed E-state index contributed by atoms with van der Waals surface area (Å²) in [5.41, 5.74) is 6.47. The largest absolute Gasteiger partial charge is 0.399 e. The molecule has 0 radical (unpaired) electrons. The minimum atomic E-state index is 0.809. The van der Waals surface area contributed by atoms with Gasteiger partial charge in [0.25, 0.3) is 0 Å². The monoisotopic (exact) mass is 291 g/mol. The van der Waals surface area contributed by atoms with Crippen LogP contribution < -0.4 is 5.73 Å². The molecule has 0 atom stereocenters. The van der Waals surface area contributed by atoms with Gasteiger partial charge in [0.05, 0.1) is 0 Å². The average molecular weight is 292 g/mol. The summed E-state index contributed by atoms with van der Waals surface area (Å²) >= 11 is 7.36. The van der Waals surface area contributed by atoms with E-state index in [1.165, 1.54) is 16.4 Å². The smallest absolute Gasteiger partial charge is 0.0331 e. The van der Waals surface area contributed by atoms with Crippen LogP contribution in [0.25, 0.3) is 0 Å². The zero-order chi connectivity index (χ0) is 10.4. The van der Waals surface area contributed by atoms with Gasteiger partial charge in [0.1, 0.15) is 0 Å². The van der Waals surface area contributed by atoms with Gasteiger partial charge in [0, 0.05) is 26.6 Å². The lowest BCUT2D eigenvalue weighted by molar-refractivity contribution is 1.39. The predicted molar refractivity (Wildman–Crippen MR) is 72.3 cm³/mol. The maximum Gasteiger partial charge on any atom is 0.0331 e. The van der Waals surface area contributed by atoms with Crippen LogP contribution in [0, 0.1) is 0 Å². The molecule has 0 amide bonds. The van der Waals surface area contributed by atoms with E-state index in [-0.39, 0.29) is 0 Å². The van der Waals surface area contributed by atoms with Crippen molar-refractivity contribution in [3.05, 3.63) is 22.7 Å². The van der Waals surface area contributed by atoms with Crippen molar-refractivity contribution in [2.24, 2.45) is 0 Å². The van der Waals surface area contributed by atoms with E-state index in [2.05, 4.69) is 28.9 Å². The van der Waals surface area contributed by atoms with Gasteiger partial charge in [0.2, 0.25) is 0 Å². The summed E-state index contributed by atoms with van der Waals surface area (Å²) in [5.74, 6) is 3.56. The maximum atomic E-state index is 5.66. The van der Waals surface area contributed by atoms with Crippen LogP contribution in [0.4, 0.5) is 5.69 Å². The van der Waals surface area contributed by atoms with Gasteiger partial charge in [-0.05, 0) is 39.9 Å². The molecule has 0 aliphatic rings. The third kappa shape index (κ3) is 4.15. The first-order chi connectivity index (χ1) is 6.74. The third-order valence-corrected chi connectivity index (χ3v) is 4.80. The van der Waals surface area contributed by atoms with E-state index in [1.807, 2.05) is 35.7 Å². The summed E-state index contributed by atoms with van der Waals surface area (Å²) in [4.78, 5) is 1.27. The highest BCUT2D eigenvalue weighted by atomic mass is 79.9. The van der Waals surface area contributed by atoms with Gasteiger partial charge < -0.3 is 5.73 Å². The fourth-order valence-corrected chi connectivity index (χ4v) is 3.40. The number of halogens is 1. The van der Waals surface area contributed by atoms with Gasteiger partial charge in [-0.15, -0.1) is 11.8 Å². The molecule has 0 heterocycles. The molecular formula is C10H14BrNS2. The highest BCUT2D eigenvalue weighted by molar-refractivity contribution is 9.10. The lowest BCUT2D eigenvalue weighted by Gasteiger charge is -2.04. The number of benzene rings is 1. The van der Waals surface area contributed by atoms with Crippen LogP contribution in [0.3, 0.4) is 0 Å². The quantitative estimate of drug-likeness (QED) is 0.507. The molecule has 0 aliphatic carbocycles. The summed E-state index contributed by atoms with van der Waals surface area (Å²) in [7, 11) is 0. The van der Waals surface area contributed by atoms with Crippen LogP contribution in [-0.2, 0) is 0 Å². The Labute approximate surface area is 102 Å². The Hall–Kier alpha value is 0.200. The predicted octanol–water partition coefficient (Wildman–Crippen LogP) is 3.88. The van der Waals surface area contributed by atoms with Crippen molar-refractivity contribution < 1.29 is 0 Å². The molecule has 0 fully saturated rings. The van der Waals surface area contributed by atoms with E-state index < -0.39 is 0 Å². The Kier molecular flexibility index (Phi) is 5.82. The summed E-state index contributed by atoms with van der Waals surface area (Å²) in [5, 5.41) is 0. The van der Waals surface area contributed by atoms with Crippen molar-refractivity contribution in [2.75, 3.05) is 23.0 Å². The minimum absolute atomic E-state index is 0.809. The number of thioether (sulfide) groups is 2. The summed E-state index contributed by atoms with van der Waals surface area (Å²) in [6.07, 6.45) is 0. The van der Waals surface area contributed by atoms with Crippen LogP contribution in [0.1, 0.15) is 6.92 Å². The number of nitrogens with two attached hydrogens (primary N) is 1. The first-order valence-corrected chi connectivity index (χ1v) is 7.43. The highest BCUT2D eigenvalue weighted by Crippen LogP contribution is 2.29. The van der Waals surface area contributed by atoms with Crippen LogP contribution >= 0.6 is 39.5 Å². The molecule has 0 aliphatic heterocycles. The third-order valence-electron chi connectivity index (χ3n) is 1.65. The number of rotatable bonds is 5. The molecule has 1 aromatic carbocycles. The zero-order valence-corrected chi connectivity index (χ0v) is 11.3. The van der Waals surface area contributed by atoms with E-state index >= 15 is 0 Å². The van der Waals surface area contributed by atoms with E-state index in [4.69, 9.17) is 5.73 Å². The fraction of sp³-hybridized carbons (Fsp3) is 0.400. The second kappa shape index (κ2) is 6.64.